The Balaban J connectivity index is 1.35. The van der Waals surface area contributed by atoms with Gasteiger partial charge in [0, 0.05) is 24.0 Å². The number of nitrogens with zero attached hydrogens (tertiary/aromatic N) is 2. The molecule has 4 aromatic carbocycles. The van der Waals surface area contributed by atoms with Crippen molar-refractivity contribution in [2.75, 3.05) is 27.8 Å². The second-order valence-corrected chi connectivity index (χ2v) is 10.1. The van der Waals surface area contributed by atoms with Crippen LogP contribution in [0.4, 0.5) is 55.6 Å². The Morgan fingerprint density at radius 3 is 2.33 bits per heavy atom. The molecule has 0 radical (unpaired) electrons. The third-order valence-electron chi connectivity index (χ3n) is 6.68. The average molecular weight is 619 g/mol. The van der Waals surface area contributed by atoms with E-state index in [-0.39, 0.29) is 5.69 Å². The van der Waals surface area contributed by atoms with Gasteiger partial charge in [-0.3, -0.25) is 0 Å². The number of aryl methyl sites for hydroxylation is 1. The molecule has 0 saturated carbocycles. The first kappa shape index (κ1) is 30.9. The molecule has 1 heterocycles. The van der Waals surface area contributed by atoms with Crippen LogP contribution in [0.3, 0.4) is 0 Å². The summed E-state index contributed by atoms with van der Waals surface area (Å²) >= 11 is 0. The van der Waals surface area contributed by atoms with Crippen LogP contribution in [0.25, 0.3) is 11.1 Å². The Morgan fingerprint density at radius 1 is 0.822 bits per heavy atom. The molecule has 7 nitrogen and oxygen atoms in total. The van der Waals surface area contributed by atoms with Gasteiger partial charge in [-0.05, 0) is 72.5 Å². The fraction of sp³-hybridized carbons (Fsp3) is 0.121. The van der Waals surface area contributed by atoms with Gasteiger partial charge in [-0.25, -0.2) is 18.6 Å². The summed E-state index contributed by atoms with van der Waals surface area (Å²) in [5.41, 5.74) is 1.71. The summed E-state index contributed by atoms with van der Waals surface area (Å²) in [6.07, 6.45) is -2.50. The van der Waals surface area contributed by atoms with Gasteiger partial charge in [0.1, 0.15) is 17.5 Å². The third kappa shape index (κ3) is 8.11. The van der Waals surface area contributed by atoms with Crippen LogP contribution in [0.15, 0.2) is 97.2 Å². The summed E-state index contributed by atoms with van der Waals surface area (Å²) in [6.45, 7) is 2.48. The van der Waals surface area contributed by atoms with Crippen molar-refractivity contribution >= 4 is 34.9 Å². The van der Waals surface area contributed by atoms with E-state index >= 15 is 4.39 Å². The van der Waals surface area contributed by atoms with Gasteiger partial charge in [-0.2, -0.15) is 18.2 Å². The largest absolute Gasteiger partial charge is 0.416 e. The minimum Gasteiger partial charge on any atom is -0.369 e. The number of benzene rings is 4. The number of carbonyl (C=O) groups excluding carboxylic acids is 1. The van der Waals surface area contributed by atoms with E-state index in [1.807, 2.05) is 66.8 Å². The first-order valence-electron chi connectivity index (χ1n) is 13.8. The number of hydrogen-bond acceptors (Lipinski definition) is 5. The highest BCUT2D eigenvalue weighted by atomic mass is 19.4. The zero-order chi connectivity index (χ0) is 32.0. The van der Waals surface area contributed by atoms with Gasteiger partial charge in [-0.15, -0.1) is 0 Å². The Kier molecular flexibility index (Phi) is 9.22. The lowest BCUT2D eigenvalue weighted by molar-refractivity contribution is -0.137. The van der Waals surface area contributed by atoms with Crippen molar-refractivity contribution in [3.63, 3.8) is 0 Å². The Labute approximate surface area is 255 Å². The van der Waals surface area contributed by atoms with E-state index in [4.69, 9.17) is 0 Å². The summed E-state index contributed by atoms with van der Waals surface area (Å²) in [5.74, 6) is -1.16. The number of alkyl halides is 3. The number of aromatic nitrogens is 2. The first-order valence-corrected chi connectivity index (χ1v) is 13.8. The normalized spacial score (nSPS) is 11.2. The van der Waals surface area contributed by atoms with Crippen LogP contribution in [-0.2, 0) is 12.6 Å². The summed E-state index contributed by atoms with van der Waals surface area (Å²) in [5, 5.41) is 10.7. The van der Waals surface area contributed by atoms with Gasteiger partial charge in [0.15, 0.2) is 0 Å². The standard InChI is InChI=1S/C33H27F5N6O/c1-20-6-5-9-24(16-20)41-31-40-19-25(30(44-31)39-15-14-21-7-3-2-4-8-21)22-10-13-28(27(35)17-22)42-32(45)43-29-18-23(33(36,37)38)11-12-26(29)34/h2-13,16-19H,14-15H2,1H3,(H2,42,43,45)(H2,39,40,41,44). The van der Waals surface area contributed by atoms with Gasteiger partial charge >= 0.3 is 12.2 Å². The molecule has 230 valence electrons. The number of rotatable bonds is 9. The number of hydrogen-bond donors (Lipinski definition) is 4. The highest BCUT2D eigenvalue weighted by molar-refractivity contribution is 6.00. The maximum absolute atomic E-state index is 15.2. The van der Waals surface area contributed by atoms with Crippen LogP contribution in [-0.4, -0.2) is 22.5 Å². The van der Waals surface area contributed by atoms with E-state index in [9.17, 15) is 22.4 Å². The number of halogens is 5. The van der Waals surface area contributed by atoms with E-state index in [1.54, 1.807) is 6.20 Å². The molecular formula is C33H27F5N6O. The number of carbonyl (C=O) groups is 1. The van der Waals surface area contributed by atoms with Crippen LogP contribution in [0, 0.1) is 18.6 Å². The highest BCUT2D eigenvalue weighted by Gasteiger charge is 2.31. The first-order chi connectivity index (χ1) is 21.5. The number of amides is 2. The predicted octanol–water partition coefficient (Wildman–Crippen LogP) is 8.79. The lowest BCUT2D eigenvalue weighted by Gasteiger charge is -2.15. The van der Waals surface area contributed by atoms with Gasteiger partial charge in [0.25, 0.3) is 0 Å². The van der Waals surface area contributed by atoms with Gasteiger partial charge in [0.05, 0.1) is 16.9 Å². The average Bonchev–Trinajstić information content (AvgIpc) is 2.99. The van der Waals surface area contributed by atoms with E-state index in [2.05, 4.69) is 25.9 Å². The SMILES string of the molecule is Cc1cccc(Nc2ncc(-c3ccc(NC(=O)Nc4cc(C(F)(F)F)ccc4F)c(F)c3)c(NCCc3ccccc3)n2)c1. The zero-order valence-corrected chi connectivity index (χ0v) is 23.8. The Morgan fingerprint density at radius 2 is 1.60 bits per heavy atom. The molecule has 0 atom stereocenters. The molecule has 0 unspecified atom stereocenters. The monoisotopic (exact) mass is 618 g/mol. The molecule has 2 amide bonds. The van der Waals surface area contributed by atoms with E-state index in [1.165, 1.54) is 12.1 Å². The molecule has 4 N–H and O–H groups in total. The predicted molar refractivity (Wildman–Crippen MR) is 165 cm³/mol. The molecule has 12 heteroatoms. The molecule has 0 aliphatic carbocycles. The highest BCUT2D eigenvalue weighted by Crippen LogP contribution is 2.33. The zero-order valence-electron chi connectivity index (χ0n) is 23.8. The summed E-state index contributed by atoms with van der Waals surface area (Å²) in [7, 11) is 0. The molecule has 0 spiro atoms. The van der Waals surface area contributed by atoms with E-state index in [0.717, 1.165) is 22.9 Å². The van der Waals surface area contributed by atoms with Crippen LogP contribution in [0.2, 0.25) is 0 Å². The molecule has 45 heavy (non-hydrogen) atoms. The van der Waals surface area contributed by atoms with Crippen molar-refractivity contribution < 1.29 is 26.7 Å². The van der Waals surface area contributed by atoms with Gasteiger partial charge in [-0.1, -0.05) is 48.5 Å². The van der Waals surface area contributed by atoms with E-state index in [0.29, 0.717) is 54.1 Å². The molecular weight excluding hydrogens is 591 g/mol. The Bertz CT molecular complexity index is 1810. The van der Waals surface area contributed by atoms with E-state index < -0.39 is 35.1 Å². The molecule has 0 bridgehead atoms. The van der Waals surface area contributed by atoms with Crippen molar-refractivity contribution in [3.05, 3.63) is 126 Å². The van der Waals surface area contributed by atoms with Gasteiger partial charge in [0.2, 0.25) is 5.95 Å². The van der Waals surface area contributed by atoms with Crippen LogP contribution >= 0.6 is 0 Å². The number of urea groups is 1. The molecule has 1 aromatic heterocycles. The quantitative estimate of drug-likeness (QED) is 0.124. The maximum Gasteiger partial charge on any atom is 0.416 e. The molecule has 0 aliphatic heterocycles. The fourth-order valence-corrected chi connectivity index (χ4v) is 4.47. The fourth-order valence-electron chi connectivity index (χ4n) is 4.47. The summed E-state index contributed by atoms with van der Waals surface area (Å²) in [6, 6.07) is 22.0. The Hall–Kier alpha value is -5.52. The van der Waals surface area contributed by atoms with Gasteiger partial charge < -0.3 is 21.3 Å². The van der Waals surface area contributed by atoms with Crippen LogP contribution in [0.1, 0.15) is 16.7 Å². The number of nitrogens with one attached hydrogen (secondary N) is 4. The van der Waals surface area contributed by atoms with Crippen molar-refractivity contribution in [2.45, 2.75) is 19.5 Å². The van der Waals surface area contributed by atoms with Crippen molar-refractivity contribution in [2.24, 2.45) is 0 Å². The molecule has 0 aliphatic rings. The second-order valence-electron chi connectivity index (χ2n) is 10.1. The number of anilines is 5. The lowest BCUT2D eigenvalue weighted by atomic mass is 10.1. The van der Waals surface area contributed by atoms with Crippen LogP contribution in [0.5, 0.6) is 0 Å². The summed E-state index contributed by atoms with van der Waals surface area (Å²) < 4.78 is 68.3. The van der Waals surface area contributed by atoms with Crippen molar-refractivity contribution in [1.82, 2.24) is 9.97 Å². The topological polar surface area (TPSA) is 91.0 Å². The summed E-state index contributed by atoms with van der Waals surface area (Å²) in [4.78, 5) is 21.5. The van der Waals surface area contributed by atoms with Crippen molar-refractivity contribution in [1.29, 1.82) is 0 Å². The second kappa shape index (κ2) is 13.4. The minimum absolute atomic E-state index is 0.277. The molecule has 5 aromatic rings. The smallest absolute Gasteiger partial charge is 0.369 e. The molecule has 0 fully saturated rings. The molecule has 0 saturated heterocycles. The van der Waals surface area contributed by atoms with Crippen molar-refractivity contribution in [3.8, 4) is 11.1 Å². The minimum atomic E-state index is -4.74. The molecule has 5 rings (SSSR count). The lowest BCUT2D eigenvalue weighted by Crippen LogP contribution is -2.21. The van der Waals surface area contributed by atoms with Crippen LogP contribution < -0.4 is 21.3 Å². The maximum atomic E-state index is 15.2. The third-order valence-corrected chi connectivity index (χ3v) is 6.68.